The topological polar surface area (TPSA) is 98.2 Å². The first-order chi connectivity index (χ1) is 13.0. The molecule has 0 radical (unpaired) electrons. The summed E-state index contributed by atoms with van der Waals surface area (Å²) in [6.07, 6.45) is 1.82. The number of aromatic nitrogens is 3. The van der Waals surface area contributed by atoms with Gasteiger partial charge in [0, 0.05) is 12.3 Å². The van der Waals surface area contributed by atoms with Crippen LogP contribution in [0.15, 0.2) is 34.2 Å². The number of alkyl halides is 2. The van der Waals surface area contributed by atoms with Crippen LogP contribution < -0.4 is 15.7 Å². The van der Waals surface area contributed by atoms with E-state index < -0.39 is 6.61 Å². The molecule has 2 N–H and O–H groups in total. The SMILES string of the molecule is O=C(CSc1n[nH]c(=O)n1C[C@@H]1CCCO1)Nc1ccc(OC(F)F)cc1. The van der Waals surface area contributed by atoms with Crippen molar-refractivity contribution in [3.8, 4) is 5.75 Å². The summed E-state index contributed by atoms with van der Waals surface area (Å²) in [5.74, 6) is -0.279. The van der Waals surface area contributed by atoms with Crippen LogP contribution in [0, 0.1) is 0 Å². The molecule has 1 aliphatic heterocycles. The summed E-state index contributed by atoms with van der Waals surface area (Å²) in [5, 5.41) is 9.37. The molecule has 0 spiro atoms. The third-order valence-electron chi connectivity index (χ3n) is 3.83. The number of amides is 1. The molecule has 8 nitrogen and oxygen atoms in total. The highest BCUT2D eigenvalue weighted by molar-refractivity contribution is 7.99. The maximum absolute atomic E-state index is 12.1. The van der Waals surface area contributed by atoms with E-state index in [0.717, 1.165) is 24.6 Å². The van der Waals surface area contributed by atoms with E-state index in [1.165, 1.54) is 28.8 Å². The molecule has 1 saturated heterocycles. The molecule has 1 atom stereocenters. The predicted octanol–water partition coefficient (Wildman–Crippen LogP) is 2.08. The molecule has 0 aliphatic carbocycles. The van der Waals surface area contributed by atoms with Gasteiger partial charge in [-0.05, 0) is 37.1 Å². The molecule has 11 heteroatoms. The maximum Gasteiger partial charge on any atom is 0.387 e. The number of H-pyrrole nitrogens is 1. The lowest BCUT2D eigenvalue weighted by molar-refractivity contribution is -0.113. The number of benzene rings is 1. The number of anilines is 1. The molecule has 0 bridgehead atoms. The number of aromatic amines is 1. The van der Waals surface area contributed by atoms with Crippen LogP contribution in [0.25, 0.3) is 0 Å². The Labute approximate surface area is 157 Å². The van der Waals surface area contributed by atoms with Gasteiger partial charge in [0.15, 0.2) is 5.16 Å². The quantitative estimate of drug-likeness (QED) is 0.659. The van der Waals surface area contributed by atoms with Crippen molar-refractivity contribution in [1.82, 2.24) is 14.8 Å². The van der Waals surface area contributed by atoms with Crippen LogP contribution in [0.2, 0.25) is 0 Å². The highest BCUT2D eigenvalue weighted by atomic mass is 32.2. The molecule has 27 heavy (non-hydrogen) atoms. The summed E-state index contributed by atoms with van der Waals surface area (Å²) in [7, 11) is 0. The van der Waals surface area contributed by atoms with Crippen molar-refractivity contribution in [2.45, 2.75) is 37.3 Å². The zero-order chi connectivity index (χ0) is 19.2. The Hall–Kier alpha value is -2.40. The number of halogens is 2. The van der Waals surface area contributed by atoms with E-state index in [0.29, 0.717) is 24.0 Å². The van der Waals surface area contributed by atoms with Crippen LogP contribution in [-0.4, -0.2) is 45.7 Å². The summed E-state index contributed by atoms with van der Waals surface area (Å²) < 4.78 is 35.5. The van der Waals surface area contributed by atoms with E-state index >= 15 is 0 Å². The average molecular weight is 400 g/mol. The van der Waals surface area contributed by atoms with Gasteiger partial charge in [-0.2, -0.15) is 8.78 Å². The number of carbonyl (C=O) groups is 1. The van der Waals surface area contributed by atoms with Gasteiger partial charge in [-0.1, -0.05) is 11.8 Å². The van der Waals surface area contributed by atoms with Gasteiger partial charge in [0.2, 0.25) is 5.91 Å². The molecule has 0 unspecified atom stereocenters. The minimum Gasteiger partial charge on any atom is -0.435 e. The smallest absolute Gasteiger partial charge is 0.387 e. The van der Waals surface area contributed by atoms with Crippen LogP contribution in [0.3, 0.4) is 0 Å². The molecule has 146 valence electrons. The highest BCUT2D eigenvalue weighted by Gasteiger charge is 2.20. The maximum atomic E-state index is 12.1. The van der Waals surface area contributed by atoms with Gasteiger partial charge >= 0.3 is 12.3 Å². The van der Waals surface area contributed by atoms with Crippen molar-refractivity contribution >= 4 is 23.4 Å². The van der Waals surface area contributed by atoms with Crippen LogP contribution in [-0.2, 0) is 16.1 Å². The number of thioether (sulfide) groups is 1. The number of nitrogens with one attached hydrogen (secondary N) is 2. The number of hydrogen-bond donors (Lipinski definition) is 2. The number of rotatable bonds is 8. The molecule has 3 rings (SSSR count). The summed E-state index contributed by atoms with van der Waals surface area (Å²) in [6, 6.07) is 5.59. The predicted molar refractivity (Wildman–Crippen MR) is 94.2 cm³/mol. The zero-order valence-corrected chi connectivity index (χ0v) is 15.0. The fourth-order valence-corrected chi connectivity index (χ4v) is 3.37. The fraction of sp³-hybridized carbons (Fsp3) is 0.438. The van der Waals surface area contributed by atoms with Gasteiger partial charge in [-0.3, -0.25) is 9.36 Å². The molecule has 1 fully saturated rings. The van der Waals surface area contributed by atoms with Crippen molar-refractivity contribution in [3.05, 3.63) is 34.7 Å². The Bertz CT molecular complexity index is 819. The van der Waals surface area contributed by atoms with Gasteiger partial charge in [-0.25, -0.2) is 9.89 Å². The van der Waals surface area contributed by atoms with Gasteiger partial charge in [0.25, 0.3) is 0 Å². The highest BCUT2D eigenvalue weighted by Crippen LogP contribution is 2.20. The number of hydrogen-bond acceptors (Lipinski definition) is 6. The van der Waals surface area contributed by atoms with Gasteiger partial charge < -0.3 is 14.8 Å². The monoisotopic (exact) mass is 400 g/mol. The molecular formula is C16H18F2N4O4S. The van der Waals surface area contributed by atoms with E-state index in [2.05, 4.69) is 20.3 Å². The molecular weight excluding hydrogens is 382 g/mol. The van der Waals surface area contributed by atoms with Gasteiger partial charge in [-0.15, -0.1) is 5.10 Å². The van der Waals surface area contributed by atoms with E-state index in [4.69, 9.17) is 4.74 Å². The average Bonchev–Trinajstić information content (AvgIpc) is 3.26. The van der Waals surface area contributed by atoms with E-state index in [1.807, 2.05) is 0 Å². The van der Waals surface area contributed by atoms with Gasteiger partial charge in [0.05, 0.1) is 18.4 Å². The molecule has 0 saturated carbocycles. The second-order valence-corrected chi connectivity index (χ2v) is 6.74. The minimum atomic E-state index is -2.90. The fourth-order valence-electron chi connectivity index (χ4n) is 2.61. The molecule has 2 heterocycles. The Morgan fingerprint density at radius 2 is 2.22 bits per heavy atom. The van der Waals surface area contributed by atoms with Crippen molar-refractivity contribution in [3.63, 3.8) is 0 Å². The molecule has 1 aliphatic rings. The Kier molecular flexibility index (Phi) is 6.45. The number of nitrogens with zero attached hydrogens (tertiary/aromatic N) is 2. The van der Waals surface area contributed by atoms with Crippen molar-refractivity contribution in [2.24, 2.45) is 0 Å². The first-order valence-electron chi connectivity index (χ1n) is 8.25. The summed E-state index contributed by atoms with van der Waals surface area (Å²) >= 11 is 1.12. The lowest BCUT2D eigenvalue weighted by Gasteiger charge is -2.11. The standard InChI is InChI=1S/C16H18F2N4O4S/c17-14(18)26-11-5-3-10(4-6-11)19-13(23)9-27-16-21-20-15(24)22(16)8-12-2-1-7-25-12/h3-6,12,14H,1-2,7-9H2,(H,19,23)(H,20,24)/t12-/m0/s1. The minimum absolute atomic E-state index is 0.00652. The van der Waals surface area contributed by atoms with Crippen LogP contribution >= 0.6 is 11.8 Å². The Balaban J connectivity index is 1.52. The normalized spacial score (nSPS) is 16.6. The van der Waals surface area contributed by atoms with Crippen molar-refractivity contribution < 1.29 is 23.0 Å². The summed E-state index contributed by atoms with van der Waals surface area (Å²) in [5.41, 5.74) is 0.101. The first kappa shape index (κ1) is 19.4. The second-order valence-electron chi connectivity index (χ2n) is 5.80. The summed E-state index contributed by atoms with van der Waals surface area (Å²) in [6.45, 7) is -1.82. The molecule has 1 aromatic heterocycles. The van der Waals surface area contributed by atoms with E-state index in [-0.39, 0.29) is 29.2 Å². The van der Waals surface area contributed by atoms with Crippen LogP contribution in [0.1, 0.15) is 12.8 Å². The largest absolute Gasteiger partial charge is 0.435 e. The third-order valence-corrected chi connectivity index (χ3v) is 4.81. The van der Waals surface area contributed by atoms with Crippen molar-refractivity contribution in [1.29, 1.82) is 0 Å². The number of carbonyl (C=O) groups excluding carboxylic acids is 1. The van der Waals surface area contributed by atoms with Crippen molar-refractivity contribution in [2.75, 3.05) is 17.7 Å². The van der Waals surface area contributed by atoms with Crippen LogP contribution in [0.5, 0.6) is 5.75 Å². The second kappa shape index (κ2) is 9.00. The van der Waals surface area contributed by atoms with E-state index in [1.54, 1.807) is 0 Å². The Morgan fingerprint density at radius 3 is 2.89 bits per heavy atom. The zero-order valence-electron chi connectivity index (χ0n) is 14.2. The molecule has 1 amide bonds. The van der Waals surface area contributed by atoms with E-state index in [9.17, 15) is 18.4 Å². The summed E-state index contributed by atoms with van der Waals surface area (Å²) in [4.78, 5) is 24.0. The molecule has 2 aromatic rings. The first-order valence-corrected chi connectivity index (χ1v) is 9.24. The molecule has 1 aromatic carbocycles. The van der Waals surface area contributed by atoms with Crippen LogP contribution in [0.4, 0.5) is 14.5 Å². The lowest BCUT2D eigenvalue weighted by atomic mass is 10.2. The third kappa shape index (κ3) is 5.54. The number of ether oxygens (including phenoxy) is 2. The lowest BCUT2D eigenvalue weighted by Crippen LogP contribution is -2.25. The van der Waals surface area contributed by atoms with Gasteiger partial charge in [0.1, 0.15) is 5.75 Å². The Morgan fingerprint density at radius 1 is 1.44 bits per heavy atom.